The smallest absolute Gasteiger partial charge is 0.0893 e. The lowest BCUT2D eigenvalue weighted by Crippen LogP contribution is -2.31. The summed E-state index contributed by atoms with van der Waals surface area (Å²) in [5, 5.41) is 7.09. The monoisotopic (exact) mass is 447 g/mol. The van der Waals surface area contributed by atoms with E-state index in [9.17, 15) is 0 Å². The molecule has 1 saturated carbocycles. The Bertz CT molecular complexity index is 897. The lowest BCUT2D eigenvalue weighted by molar-refractivity contribution is 0.378. The number of piperidine rings is 1. The summed E-state index contributed by atoms with van der Waals surface area (Å²) >= 11 is 0. The van der Waals surface area contributed by atoms with Crippen molar-refractivity contribution in [1.82, 2.24) is 10.6 Å². The normalized spacial score (nSPS) is 20.2. The Morgan fingerprint density at radius 2 is 1.88 bits per heavy atom. The Morgan fingerprint density at radius 1 is 1.12 bits per heavy atom. The van der Waals surface area contributed by atoms with Crippen molar-refractivity contribution in [3.8, 4) is 0 Å². The first-order valence-corrected chi connectivity index (χ1v) is 12.5. The highest BCUT2D eigenvalue weighted by Crippen LogP contribution is 2.26. The third kappa shape index (κ3) is 7.86. The quantitative estimate of drug-likeness (QED) is 0.476. The van der Waals surface area contributed by atoms with Crippen LogP contribution in [0.5, 0.6) is 0 Å². The van der Waals surface area contributed by atoms with Crippen molar-refractivity contribution in [3.63, 3.8) is 0 Å². The molecule has 2 aliphatic rings. The molecule has 2 N–H and O–H groups in total. The first-order valence-electron chi connectivity index (χ1n) is 12.5. The molecule has 1 aromatic rings. The minimum absolute atomic E-state index is 0.526. The fourth-order valence-corrected chi connectivity index (χ4v) is 4.77. The van der Waals surface area contributed by atoms with Gasteiger partial charge in [0.2, 0.25) is 0 Å². The van der Waals surface area contributed by atoms with Gasteiger partial charge in [0.25, 0.3) is 0 Å². The van der Waals surface area contributed by atoms with Crippen LogP contribution in [0.25, 0.3) is 5.70 Å². The molecule has 0 aromatic heterocycles. The summed E-state index contributed by atoms with van der Waals surface area (Å²) in [6.45, 7) is 12.8. The van der Waals surface area contributed by atoms with Gasteiger partial charge in [0.1, 0.15) is 0 Å². The van der Waals surface area contributed by atoms with Crippen LogP contribution in [0.3, 0.4) is 0 Å². The Morgan fingerprint density at radius 3 is 2.58 bits per heavy atom. The maximum atomic E-state index is 5.23. The number of aliphatic imine (C=N–C) groups is 3. The molecule has 1 aromatic carbocycles. The molecular formula is C28H41N5. The van der Waals surface area contributed by atoms with Crippen LogP contribution < -0.4 is 10.6 Å². The summed E-state index contributed by atoms with van der Waals surface area (Å²) < 4.78 is 0. The molecular weight excluding hydrogens is 406 g/mol. The van der Waals surface area contributed by atoms with Gasteiger partial charge in [-0.15, -0.1) is 0 Å². The summed E-state index contributed by atoms with van der Waals surface area (Å²) in [4.78, 5) is 14.1. The standard InChI is InChI=1S/C28H41N5/c1-21-9-8-10-25(19-21)28(33-23(3)24-13-17-30-18-14-24)22(2)27(15-16-29-4)32-20-31-26-11-6-5-7-12-26/h8-10,15-16,19,24,26,30-31H,4-7,11-14,17-18,20H2,1-3H3/b16-15-,28-22+,32-27+,33-23?. The van der Waals surface area contributed by atoms with E-state index in [1.54, 1.807) is 6.20 Å². The van der Waals surface area contributed by atoms with Crippen molar-refractivity contribution in [2.24, 2.45) is 20.9 Å². The Kier molecular flexibility index (Phi) is 10.2. The third-order valence-electron chi connectivity index (χ3n) is 6.82. The number of benzene rings is 1. The molecule has 1 saturated heterocycles. The molecule has 33 heavy (non-hydrogen) atoms. The predicted molar refractivity (Wildman–Crippen MR) is 143 cm³/mol. The van der Waals surface area contributed by atoms with E-state index >= 15 is 0 Å². The minimum atomic E-state index is 0.526. The number of allylic oxidation sites excluding steroid dienone is 2. The maximum Gasteiger partial charge on any atom is 0.0893 e. The minimum Gasteiger partial charge on any atom is -0.317 e. The van der Waals surface area contributed by atoms with E-state index in [1.807, 2.05) is 6.08 Å². The van der Waals surface area contributed by atoms with Crippen LogP contribution in [0, 0.1) is 12.8 Å². The highest BCUT2D eigenvalue weighted by atomic mass is 15.0. The van der Waals surface area contributed by atoms with Gasteiger partial charge < -0.3 is 5.32 Å². The number of aryl methyl sites for hydroxylation is 1. The lowest BCUT2D eigenvalue weighted by atomic mass is 9.93. The van der Waals surface area contributed by atoms with Crippen LogP contribution in [-0.4, -0.2) is 43.9 Å². The Hall–Kier alpha value is -2.37. The highest BCUT2D eigenvalue weighted by molar-refractivity contribution is 6.13. The van der Waals surface area contributed by atoms with Crippen molar-refractivity contribution in [1.29, 1.82) is 0 Å². The molecule has 5 nitrogen and oxygen atoms in total. The first-order chi connectivity index (χ1) is 16.1. The first kappa shape index (κ1) is 25.3. The summed E-state index contributed by atoms with van der Waals surface area (Å²) in [6, 6.07) is 9.18. The number of hydrogen-bond acceptors (Lipinski definition) is 5. The highest BCUT2D eigenvalue weighted by Gasteiger charge is 2.18. The van der Waals surface area contributed by atoms with E-state index in [2.05, 4.69) is 67.4 Å². The molecule has 0 atom stereocenters. The average Bonchev–Trinajstić information content (AvgIpc) is 2.85. The zero-order chi connectivity index (χ0) is 23.5. The van der Waals surface area contributed by atoms with Gasteiger partial charge in [0.05, 0.1) is 18.1 Å². The maximum absolute atomic E-state index is 5.23. The molecule has 0 bridgehead atoms. The summed E-state index contributed by atoms with van der Waals surface area (Å²) in [5.74, 6) is 0.526. The van der Waals surface area contributed by atoms with E-state index in [1.165, 1.54) is 43.4 Å². The lowest BCUT2D eigenvalue weighted by Gasteiger charge is -2.23. The van der Waals surface area contributed by atoms with Crippen molar-refractivity contribution < 1.29 is 0 Å². The van der Waals surface area contributed by atoms with E-state index < -0.39 is 0 Å². The fraction of sp³-hybridized carbons (Fsp3) is 0.536. The van der Waals surface area contributed by atoms with Crippen molar-refractivity contribution in [2.45, 2.75) is 71.8 Å². The molecule has 1 aliphatic carbocycles. The van der Waals surface area contributed by atoms with Gasteiger partial charge in [0.15, 0.2) is 0 Å². The molecule has 2 fully saturated rings. The zero-order valence-corrected chi connectivity index (χ0v) is 20.7. The van der Waals surface area contributed by atoms with Crippen LogP contribution >= 0.6 is 0 Å². The van der Waals surface area contributed by atoms with Crippen LogP contribution in [0.15, 0.2) is 57.1 Å². The number of nitrogens with one attached hydrogen (secondary N) is 2. The Balaban J connectivity index is 1.95. The molecule has 1 aliphatic heterocycles. The molecule has 0 unspecified atom stereocenters. The van der Waals surface area contributed by atoms with Gasteiger partial charge in [-0.2, -0.15) is 0 Å². The zero-order valence-electron chi connectivity index (χ0n) is 20.7. The van der Waals surface area contributed by atoms with Crippen LogP contribution in [-0.2, 0) is 0 Å². The SMILES string of the molecule is C=N\C=C/C(=N\CNC1CCCCC1)C(/C)=C(/N=C(C)C1CCNCC1)c1cccc(C)c1. The number of nitrogens with zero attached hydrogens (tertiary/aromatic N) is 3. The second-order valence-corrected chi connectivity index (χ2v) is 9.36. The molecule has 1 heterocycles. The van der Waals surface area contributed by atoms with E-state index in [4.69, 9.17) is 9.98 Å². The van der Waals surface area contributed by atoms with Gasteiger partial charge in [-0.3, -0.25) is 20.3 Å². The summed E-state index contributed by atoms with van der Waals surface area (Å²) in [5.41, 5.74) is 6.54. The molecule has 0 amide bonds. The van der Waals surface area contributed by atoms with Crippen LogP contribution in [0.4, 0.5) is 0 Å². The van der Waals surface area contributed by atoms with Crippen molar-refractivity contribution >= 4 is 23.8 Å². The molecule has 3 rings (SSSR count). The van der Waals surface area contributed by atoms with Gasteiger partial charge in [-0.1, -0.05) is 43.0 Å². The van der Waals surface area contributed by atoms with Crippen molar-refractivity contribution in [2.75, 3.05) is 19.8 Å². The van der Waals surface area contributed by atoms with Gasteiger partial charge in [-0.25, -0.2) is 0 Å². The Labute approximate surface area is 200 Å². The third-order valence-corrected chi connectivity index (χ3v) is 6.82. The van der Waals surface area contributed by atoms with Crippen LogP contribution in [0.2, 0.25) is 0 Å². The largest absolute Gasteiger partial charge is 0.317 e. The summed E-state index contributed by atoms with van der Waals surface area (Å²) in [7, 11) is 0. The average molecular weight is 448 g/mol. The van der Waals surface area contributed by atoms with Gasteiger partial charge >= 0.3 is 0 Å². The van der Waals surface area contributed by atoms with Gasteiger partial charge in [0, 0.05) is 29.1 Å². The molecule has 5 heteroatoms. The molecule has 0 spiro atoms. The molecule has 178 valence electrons. The molecule has 0 radical (unpaired) electrons. The van der Waals surface area contributed by atoms with Crippen molar-refractivity contribution in [3.05, 3.63) is 53.2 Å². The number of rotatable bonds is 9. The topological polar surface area (TPSA) is 61.1 Å². The number of hydrogen-bond donors (Lipinski definition) is 2. The van der Waals surface area contributed by atoms with E-state index in [0.717, 1.165) is 48.5 Å². The van der Waals surface area contributed by atoms with Gasteiger partial charge in [-0.05, 0) is 84.3 Å². The second-order valence-electron chi connectivity index (χ2n) is 9.36. The van der Waals surface area contributed by atoms with Crippen LogP contribution in [0.1, 0.15) is 69.9 Å². The summed E-state index contributed by atoms with van der Waals surface area (Å²) in [6.07, 6.45) is 12.4. The predicted octanol–water partition coefficient (Wildman–Crippen LogP) is 5.72. The second kappa shape index (κ2) is 13.4. The van der Waals surface area contributed by atoms with E-state index in [-0.39, 0.29) is 0 Å². The fourth-order valence-electron chi connectivity index (χ4n) is 4.77. The van der Waals surface area contributed by atoms with E-state index in [0.29, 0.717) is 18.6 Å².